The van der Waals surface area contributed by atoms with E-state index in [9.17, 15) is 0 Å². The third kappa shape index (κ3) is 3.50. The normalized spacial score (nSPS) is 11.1. The standard InChI is InChI=1S/C11H16O2S/c1-4-12-9-7-5-6-8-10(9)13-11(2,3)14/h5-8,14H,4H2,1-3H3. The fraction of sp³-hybridized carbons (Fsp3) is 0.455. The number of hydrogen-bond donors (Lipinski definition) is 1. The molecule has 78 valence electrons. The molecule has 0 spiro atoms. The van der Waals surface area contributed by atoms with Crippen LogP contribution in [0.2, 0.25) is 0 Å². The third-order valence-corrected chi connectivity index (χ3v) is 1.60. The van der Waals surface area contributed by atoms with Gasteiger partial charge >= 0.3 is 0 Å². The van der Waals surface area contributed by atoms with E-state index >= 15 is 0 Å². The fourth-order valence-corrected chi connectivity index (χ4v) is 1.18. The van der Waals surface area contributed by atoms with Crippen molar-refractivity contribution >= 4 is 12.6 Å². The monoisotopic (exact) mass is 212 g/mol. The first-order valence-corrected chi connectivity index (χ1v) is 5.11. The molecule has 0 fully saturated rings. The van der Waals surface area contributed by atoms with Gasteiger partial charge < -0.3 is 9.47 Å². The van der Waals surface area contributed by atoms with Crippen LogP contribution in [0.25, 0.3) is 0 Å². The van der Waals surface area contributed by atoms with Crippen molar-refractivity contribution in [3.8, 4) is 11.5 Å². The summed E-state index contributed by atoms with van der Waals surface area (Å²) < 4.78 is 11.0. The molecule has 0 heterocycles. The Morgan fingerprint density at radius 3 is 2.29 bits per heavy atom. The summed E-state index contributed by atoms with van der Waals surface area (Å²) in [6.45, 7) is 6.35. The van der Waals surface area contributed by atoms with Gasteiger partial charge in [0.1, 0.15) is 4.93 Å². The predicted molar refractivity (Wildman–Crippen MR) is 61.3 cm³/mol. The van der Waals surface area contributed by atoms with E-state index in [1.807, 2.05) is 45.0 Å². The van der Waals surface area contributed by atoms with Gasteiger partial charge in [0.25, 0.3) is 0 Å². The van der Waals surface area contributed by atoms with Gasteiger partial charge in [-0.3, -0.25) is 0 Å². The van der Waals surface area contributed by atoms with Gasteiger partial charge in [-0.2, -0.15) is 0 Å². The summed E-state index contributed by atoms with van der Waals surface area (Å²) in [6, 6.07) is 7.60. The van der Waals surface area contributed by atoms with Gasteiger partial charge in [-0.1, -0.05) is 12.1 Å². The van der Waals surface area contributed by atoms with E-state index in [-0.39, 0.29) is 0 Å². The first-order chi connectivity index (χ1) is 6.53. The summed E-state index contributed by atoms with van der Waals surface area (Å²) in [4.78, 5) is -0.493. The van der Waals surface area contributed by atoms with E-state index in [2.05, 4.69) is 12.6 Å². The van der Waals surface area contributed by atoms with Crippen LogP contribution in [0, 0.1) is 0 Å². The van der Waals surface area contributed by atoms with Gasteiger partial charge in [-0.15, -0.1) is 12.6 Å². The summed E-state index contributed by atoms with van der Waals surface area (Å²) in [5.41, 5.74) is 0. The van der Waals surface area contributed by atoms with E-state index in [1.54, 1.807) is 0 Å². The highest BCUT2D eigenvalue weighted by molar-refractivity contribution is 7.81. The molecule has 0 atom stereocenters. The molecule has 1 aromatic rings. The molecule has 0 aromatic heterocycles. The molecular weight excluding hydrogens is 196 g/mol. The number of benzene rings is 1. The van der Waals surface area contributed by atoms with E-state index in [0.717, 1.165) is 11.5 Å². The third-order valence-electron chi connectivity index (χ3n) is 1.51. The van der Waals surface area contributed by atoms with Gasteiger partial charge in [0.15, 0.2) is 11.5 Å². The number of rotatable bonds is 4. The lowest BCUT2D eigenvalue weighted by Gasteiger charge is -2.21. The molecule has 0 saturated heterocycles. The second-order valence-electron chi connectivity index (χ2n) is 3.43. The van der Waals surface area contributed by atoms with Crippen LogP contribution in [-0.2, 0) is 0 Å². The van der Waals surface area contributed by atoms with Gasteiger partial charge in [-0.05, 0) is 32.9 Å². The topological polar surface area (TPSA) is 18.5 Å². The summed E-state index contributed by atoms with van der Waals surface area (Å²) in [7, 11) is 0. The molecule has 0 N–H and O–H groups in total. The van der Waals surface area contributed by atoms with Crippen LogP contribution in [-0.4, -0.2) is 11.5 Å². The Balaban J connectivity index is 2.84. The molecule has 0 unspecified atom stereocenters. The maximum Gasteiger partial charge on any atom is 0.163 e. The molecule has 0 aliphatic heterocycles. The highest BCUT2D eigenvalue weighted by atomic mass is 32.1. The number of para-hydroxylation sites is 2. The zero-order valence-corrected chi connectivity index (χ0v) is 9.67. The average Bonchev–Trinajstić information content (AvgIpc) is 2.06. The van der Waals surface area contributed by atoms with Crippen molar-refractivity contribution in [1.29, 1.82) is 0 Å². The van der Waals surface area contributed by atoms with Crippen LogP contribution in [0.5, 0.6) is 11.5 Å². The fourth-order valence-electron chi connectivity index (χ4n) is 1.08. The van der Waals surface area contributed by atoms with Gasteiger partial charge in [-0.25, -0.2) is 0 Å². The summed E-state index contributed by atoms with van der Waals surface area (Å²) >= 11 is 4.30. The maximum atomic E-state index is 5.62. The number of thiol groups is 1. The average molecular weight is 212 g/mol. The Morgan fingerprint density at radius 2 is 1.79 bits per heavy atom. The molecule has 0 radical (unpaired) electrons. The number of hydrogen-bond acceptors (Lipinski definition) is 3. The minimum atomic E-state index is -0.493. The van der Waals surface area contributed by atoms with Crippen LogP contribution in [0.4, 0.5) is 0 Å². The van der Waals surface area contributed by atoms with Crippen molar-refractivity contribution in [2.75, 3.05) is 6.61 Å². The lowest BCUT2D eigenvalue weighted by molar-refractivity contribution is 0.196. The maximum absolute atomic E-state index is 5.62. The lowest BCUT2D eigenvalue weighted by Crippen LogP contribution is -2.20. The van der Waals surface area contributed by atoms with Crippen molar-refractivity contribution in [2.24, 2.45) is 0 Å². The molecule has 2 nitrogen and oxygen atoms in total. The minimum absolute atomic E-state index is 0.493. The second kappa shape index (κ2) is 4.60. The van der Waals surface area contributed by atoms with Crippen LogP contribution in [0.1, 0.15) is 20.8 Å². The first-order valence-electron chi connectivity index (χ1n) is 4.66. The minimum Gasteiger partial charge on any atom is -0.490 e. The highest BCUT2D eigenvalue weighted by Crippen LogP contribution is 2.30. The van der Waals surface area contributed by atoms with Gasteiger partial charge in [0.05, 0.1) is 6.61 Å². The molecule has 0 aliphatic rings. The smallest absolute Gasteiger partial charge is 0.163 e. The molecule has 0 bridgehead atoms. The SMILES string of the molecule is CCOc1ccccc1OC(C)(C)S. The second-order valence-corrected chi connectivity index (χ2v) is 4.51. The summed E-state index contributed by atoms with van der Waals surface area (Å²) in [6.07, 6.45) is 0. The summed E-state index contributed by atoms with van der Waals surface area (Å²) in [5.74, 6) is 1.49. The Bertz CT molecular complexity index is 292. The van der Waals surface area contributed by atoms with Gasteiger partial charge in [0, 0.05) is 0 Å². The molecule has 3 heteroatoms. The molecular formula is C11H16O2S. The van der Waals surface area contributed by atoms with Crippen LogP contribution in [0.15, 0.2) is 24.3 Å². The molecule has 0 amide bonds. The predicted octanol–water partition coefficient (Wildman–Crippen LogP) is 3.13. The molecule has 1 rings (SSSR count). The highest BCUT2D eigenvalue weighted by Gasteiger charge is 2.15. The quantitative estimate of drug-likeness (QED) is 0.610. The first kappa shape index (κ1) is 11.2. The molecule has 0 aliphatic carbocycles. The Morgan fingerprint density at radius 1 is 1.21 bits per heavy atom. The van der Waals surface area contributed by atoms with Crippen LogP contribution >= 0.6 is 12.6 Å². The van der Waals surface area contributed by atoms with Crippen LogP contribution < -0.4 is 9.47 Å². The molecule has 14 heavy (non-hydrogen) atoms. The van der Waals surface area contributed by atoms with E-state index in [4.69, 9.17) is 9.47 Å². The van der Waals surface area contributed by atoms with Crippen LogP contribution in [0.3, 0.4) is 0 Å². The van der Waals surface area contributed by atoms with Crippen molar-refractivity contribution in [3.63, 3.8) is 0 Å². The zero-order valence-electron chi connectivity index (χ0n) is 8.78. The van der Waals surface area contributed by atoms with Crippen molar-refractivity contribution in [2.45, 2.75) is 25.7 Å². The Labute approximate surface area is 90.6 Å². The largest absolute Gasteiger partial charge is 0.490 e. The van der Waals surface area contributed by atoms with Crippen molar-refractivity contribution < 1.29 is 9.47 Å². The van der Waals surface area contributed by atoms with Gasteiger partial charge in [0.2, 0.25) is 0 Å². The molecule has 1 aromatic carbocycles. The Hall–Kier alpha value is -0.830. The number of ether oxygens (including phenoxy) is 2. The van der Waals surface area contributed by atoms with Crippen molar-refractivity contribution in [1.82, 2.24) is 0 Å². The van der Waals surface area contributed by atoms with E-state index in [1.165, 1.54) is 0 Å². The van der Waals surface area contributed by atoms with E-state index in [0.29, 0.717) is 6.61 Å². The van der Waals surface area contributed by atoms with Crippen molar-refractivity contribution in [3.05, 3.63) is 24.3 Å². The zero-order chi connectivity index (χ0) is 10.6. The molecule has 0 saturated carbocycles. The lowest BCUT2D eigenvalue weighted by atomic mass is 10.3. The summed E-state index contributed by atoms with van der Waals surface area (Å²) in [5, 5.41) is 0. The Kier molecular flexibility index (Phi) is 3.69. The van der Waals surface area contributed by atoms with E-state index < -0.39 is 4.93 Å².